The van der Waals surface area contributed by atoms with Crippen molar-refractivity contribution in [1.82, 2.24) is 4.98 Å². The van der Waals surface area contributed by atoms with Crippen molar-refractivity contribution in [3.05, 3.63) is 23.4 Å². The fourth-order valence-electron chi connectivity index (χ4n) is 1.87. The zero-order valence-electron chi connectivity index (χ0n) is 10.1. The molecule has 0 spiro atoms. The van der Waals surface area contributed by atoms with E-state index in [1.165, 1.54) is 13.3 Å². The first-order chi connectivity index (χ1) is 8.47. The van der Waals surface area contributed by atoms with E-state index in [4.69, 9.17) is 11.6 Å². The number of carbonyl (C=O) groups excluding carboxylic acids is 2. The van der Waals surface area contributed by atoms with E-state index in [9.17, 15) is 9.59 Å². The van der Waals surface area contributed by atoms with Gasteiger partial charge in [-0.3, -0.25) is 9.59 Å². The molecule has 1 N–H and O–H groups in total. The van der Waals surface area contributed by atoms with Crippen LogP contribution in [-0.2, 0) is 14.3 Å². The summed E-state index contributed by atoms with van der Waals surface area (Å²) < 4.78 is 4.67. The van der Waals surface area contributed by atoms with Gasteiger partial charge in [0.1, 0.15) is 5.82 Å². The zero-order valence-corrected chi connectivity index (χ0v) is 10.8. The highest BCUT2D eigenvalue weighted by Crippen LogP contribution is 2.53. The molecule has 0 aromatic carbocycles. The number of hydrogen-bond acceptors (Lipinski definition) is 4. The van der Waals surface area contributed by atoms with Crippen LogP contribution in [-0.4, -0.2) is 24.0 Å². The topological polar surface area (TPSA) is 68.3 Å². The van der Waals surface area contributed by atoms with Crippen LogP contribution in [0.5, 0.6) is 0 Å². The van der Waals surface area contributed by atoms with Crippen molar-refractivity contribution in [2.75, 3.05) is 12.4 Å². The number of carbonyl (C=O) groups is 2. The first-order valence-corrected chi connectivity index (χ1v) is 5.86. The average Bonchev–Trinajstić information content (AvgIpc) is 3.05. The van der Waals surface area contributed by atoms with E-state index in [-0.39, 0.29) is 17.8 Å². The minimum Gasteiger partial charge on any atom is -0.469 e. The Balaban J connectivity index is 1.99. The van der Waals surface area contributed by atoms with Crippen molar-refractivity contribution in [2.24, 2.45) is 11.3 Å². The molecule has 1 aromatic rings. The summed E-state index contributed by atoms with van der Waals surface area (Å²) in [5.41, 5.74) is -0.703. The van der Waals surface area contributed by atoms with Crippen LogP contribution in [0.2, 0.25) is 5.02 Å². The van der Waals surface area contributed by atoms with Crippen molar-refractivity contribution >= 4 is 29.3 Å². The van der Waals surface area contributed by atoms with Gasteiger partial charge in [0, 0.05) is 6.20 Å². The number of rotatable bonds is 3. The molecule has 0 saturated heterocycles. The number of hydrogen-bond donors (Lipinski definition) is 1. The third-order valence-corrected chi connectivity index (χ3v) is 3.41. The molecule has 1 fully saturated rings. The highest BCUT2D eigenvalue weighted by molar-refractivity contribution is 6.30. The standard InChI is InChI=1S/C12H13ClN2O3/c1-12(11(17)18-2)5-8(12)10(16)15-9-4-3-7(13)6-14-9/h3-4,6,8H,5H2,1-2H3,(H,14,15,16)/t8-,12+/m1/s1. The number of aromatic nitrogens is 1. The molecule has 1 amide bonds. The number of ether oxygens (including phenoxy) is 1. The lowest BCUT2D eigenvalue weighted by Crippen LogP contribution is -2.23. The van der Waals surface area contributed by atoms with Crippen molar-refractivity contribution < 1.29 is 14.3 Å². The molecule has 5 nitrogen and oxygen atoms in total. The Kier molecular flexibility index (Phi) is 3.26. The molecule has 2 rings (SSSR count). The molecule has 2 atom stereocenters. The van der Waals surface area contributed by atoms with E-state index in [1.54, 1.807) is 19.1 Å². The first-order valence-electron chi connectivity index (χ1n) is 5.48. The lowest BCUT2D eigenvalue weighted by Gasteiger charge is -2.08. The number of esters is 1. The zero-order chi connectivity index (χ0) is 13.3. The van der Waals surface area contributed by atoms with Gasteiger partial charge in [0.2, 0.25) is 5.91 Å². The third-order valence-electron chi connectivity index (χ3n) is 3.18. The highest BCUT2D eigenvalue weighted by atomic mass is 35.5. The van der Waals surface area contributed by atoms with Crippen LogP contribution in [0.1, 0.15) is 13.3 Å². The molecule has 6 heteroatoms. The second-order valence-corrected chi connectivity index (χ2v) is 4.95. The number of halogens is 1. The van der Waals surface area contributed by atoms with Crippen molar-refractivity contribution in [2.45, 2.75) is 13.3 Å². The van der Waals surface area contributed by atoms with Crippen molar-refractivity contribution in [1.29, 1.82) is 0 Å². The van der Waals surface area contributed by atoms with Gasteiger partial charge in [0.15, 0.2) is 0 Å². The van der Waals surface area contributed by atoms with Crippen molar-refractivity contribution in [3.8, 4) is 0 Å². The summed E-state index contributed by atoms with van der Waals surface area (Å²) in [6, 6.07) is 3.24. The second-order valence-electron chi connectivity index (χ2n) is 4.52. The summed E-state index contributed by atoms with van der Waals surface area (Å²) in [4.78, 5) is 27.3. The van der Waals surface area contributed by atoms with Crippen LogP contribution >= 0.6 is 11.6 Å². The van der Waals surface area contributed by atoms with Gasteiger partial charge in [0.25, 0.3) is 0 Å². The molecule has 1 saturated carbocycles. The van der Waals surface area contributed by atoms with Gasteiger partial charge in [0.05, 0.1) is 23.5 Å². The highest BCUT2D eigenvalue weighted by Gasteiger charge is 2.61. The minimum absolute atomic E-state index is 0.224. The van der Waals surface area contributed by atoms with Gasteiger partial charge < -0.3 is 10.1 Å². The SMILES string of the molecule is COC(=O)[C@@]1(C)C[C@@H]1C(=O)Nc1ccc(Cl)cn1. The van der Waals surface area contributed by atoms with E-state index in [1.807, 2.05) is 0 Å². The van der Waals surface area contributed by atoms with Gasteiger partial charge in [-0.05, 0) is 25.5 Å². The molecule has 18 heavy (non-hydrogen) atoms. The number of methoxy groups -OCH3 is 1. The van der Waals surface area contributed by atoms with E-state index >= 15 is 0 Å². The van der Waals surface area contributed by atoms with Gasteiger partial charge in [-0.2, -0.15) is 0 Å². The monoisotopic (exact) mass is 268 g/mol. The van der Waals surface area contributed by atoms with Crippen molar-refractivity contribution in [3.63, 3.8) is 0 Å². The molecule has 1 aliphatic rings. The van der Waals surface area contributed by atoms with Crippen LogP contribution in [0.3, 0.4) is 0 Å². The number of pyridine rings is 1. The predicted octanol–water partition coefficient (Wildman–Crippen LogP) is 1.87. The summed E-state index contributed by atoms with van der Waals surface area (Å²) in [6.45, 7) is 1.72. The molecule has 0 bridgehead atoms. The van der Waals surface area contributed by atoms with Crippen LogP contribution in [0, 0.1) is 11.3 Å². The van der Waals surface area contributed by atoms with Gasteiger partial charge in [-0.25, -0.2) is 4.98 Å². The van der Waals surface area contributed by atoms with Crippen LogP contribution in [0.4, 0.5) is 5.82 Å². The number of anilines is 1. The van der Waals surface area contributed by atoms with Crippen LogP contribution in [0.25, 0.3) is 0 Å². The molecule has 0 radical (unpaired) electrons. The molecule has 1 aliphatic carbocycles. The van der Waals surface area contributed by atoms with E-state index < -0.39 is 5.41 Å². The Labute approximate surface area is 109 Å². The lowest BCUT2D eigenvalue weighted by molar-refractivity contribution is -0.147. The smallest absolute Gasteiger partial charge is 0.312 e. The summed E-state index contributed by atoms with van der Waals surface area (Å²) in [5.74, 6) is -0.518. The Morgan fingerprint density at radius 2 is 2.28 bits per heavy atom. The van der Waals surface area contributed by atoms with Gasteiger partial charge >= 0.3 is 5.97 Å². The summed E-state index contributed by atoms with van der Waals surface area (Å²) in [7, 11) is 1.32. The molecule has 1 heterocycles. The number of nitrogens with zero attached hydrogens (tertiary/aromatic N) is 1. The van der Waals surface area contributed by atoms with Crippen LogP contribution < -0.4 is 5.32 Å². The van der Waals surface area contributed by atoms with E-state index in [0.29, 0.717) is 17.3 Å². The van der Waals surface area contributed by atoms with E-state index in [2.05, 4.69) is 15.0 Å². The Morgan fingerprint density at radius 1 is 1.56 bits per heavy atom. The second kappa shape index (κ2) is 4.57. The Bertz CT molecular complexity index is 489. The average molecular weight is 269 g/mol. The maximum Gasteiger partial charge on any atom is 0.312 e. The molecule has 0 aliphatic heterocycles. The maximum absolute atomic E-state index is 11.9. The number of amides is 1. The quantitative estimate of drug-likeness (QED) is 0.850. The third kappa shape index (κ3) is 2.31. The largest absolute Gasteiger partial charge is 0.469 e. The van der Waals surface area contributed by atoms with Crippen LogP contribution in [0.15, 0.2) is 18.3 Å². The first kappa shape index (κ1) is 12.8. The summed E-state index contributed by atoms with van der Waals surface area (Å²) >= 11 is 5.69. The molecular formula is C12H13ClN2O3. The predicted molar refractivity (Wildman–Crippen MR) is 66.1 cm³/mol. The maximum atomic E-state index is 11.9. The molecule has 96 valence electrons. The molecule has 1 aromatic heterocycles. The Morgan fingerprint density at radius 3 is 2.83 bits per heavy atom. The summed E-state index contributed by atoms with van der Waals surface area (Å²) in [6.07, 6.45) is 1.95. The normalized spacial score (nSPS) is 25.4. The lowest BCUT2D eigenvalue weighted by atomic mass is 10.1. The fourth-order valence-corrected chi connectivity index (χ4v) is 1.98. The fraction of sp³-hybridized carbons (Fsp3) is 0.417. The molecular weight excluding hydrogens is 256 g/mol. The summed E-state index contributed by atoms with van der Waals surface area (Å²) in [5, 5.41) is 3.15. The van der Waals surface area contributed by atoms with Gasteiger partial charge in [-0.1, -0.05) is 11.6 Å². The molecule has 0 unspecified atom stereocenters. The Hall–Kier alpha value is -1.62. The minimum atomic E-state index is -0.703. The number of nitrogens with one attached hydrogen (secondary N) is 1. The van der Waals surface area contributed by atoms with Gasteiger partial charge in [-0.15, -0.1) is 0 Å². The van der Waals surface area contributed by atoms with E-state index in [0.717, 1.165) is 0 Å².